The zero-order valence-corrected chi connectivity index (χ0v) is 33.2. The number of nitrogens with zero attached hydrogens (tertiary/aromatic N) is 2. The van der Waals surface area contributed by atoms with Crippen LogP contribution in [-0.2, 0) is 10.8 Å². The minimum atomic E-state index is -0.114. The summed E-state index contributed by atoms with van der Waals surface area (Å²) in [5.74, 6) is 0. The molecule has 1 heterocycles. The van der Waals surface area contributed by atoms with E-state index in [1.165, 1.54) is 105 Å². The second kappa shape index (κ2) is 11.8. The maximum Gasteiger partial charge on any atom is 0.0541 e. The Morgan fingerprint density at radius 2 is 1.02 bits per heavy atom. The fourth-order valence-corrected chi connectivity index (χ4v) is 10.6. The minimum absolute atomic E-state index is 0.105. The van der Waals surface area contributed by atoms with Crippen molar-refractivity contribution < 1.29 is 0 Å². The molecule has 58 heavy (non-hydrogen) atoms. The lowest BCUT2D eigenvalue weighted by Gasteiger charge is -2.30. The topological polar surface area (TPSA) is 8.17 Å². The Hall–Kier alpha value is -6.90. The summed E-state index contributed by atoms with van der Waals surface area (Å²) in [7, 11) is 0. The third-order valence-electron chi connectivity index (χ3n) is 13.5. The number of benzene rings is 9. The van der Waals surface area contributed by atoms with Crippen LogP contribution in [0.15, 0.2) is 182 Å². The largest absolute Gasteiger partial charge is 0.310 e. The number of aromatic nitrogens is 1. The van der Waals surface area contributed by atoms with Crippen LogP contribution in [0.4, 0.5) is 17.1 Å². The van der Waals surface area contributed by atoms with Gasteiger partial charge in [0.15, 0.2) is 0 Å². The van der Waals surface area contributed by atoms with E-state index in [2.05, 4.69) is 219 Å². The van der Waals surface area contributed by atoms with Crippen molar-refractivity contribution in [2.24, 2.45) is 0 Å². The summed E-state index contributed by atoms with van der Waals surface area (Å²) in [5.41, 5.74) is 17.5. The third kappa shape index (κ3) is 4.54. The number of anilines is 3. The lowest BCUT2D eigenvalue weighted by molar-refractivity contribution is 0.660. The summed E-state index contributed by atoms with van der Waals surface area (Å²) < 4.78 is 2.38. The summed E-state index contributed by atoms with van der Waals surface area (Å²) >= 11 is 0. The van der Waals surface area contributed by atoms with Crippen molar-refractivity contribution in [3.8, 4) is 27.9 Å². The Morgan fingerprint density at radius 3 is 1.88 bits per heavy atom. The summed E-state index contributed by atoms with van der Waals surface area (Å²) in [6, 6.07) is 68.0. The molecule has 276 valence electrons. The molecule has 0 saturated carbocycles. The Morgan fingerprint density at radius 1 is 0.379 bits per heavy atom. The maximum absolute atomic E-state index is 2.49. The van der Waals surface area contributed by atoms with Gasteiger partial charge in [-0.25, -0.2) is 0 Å². The van der Waals surface area contributed by atoms with E-state index in [1.807, 2.05) is 0 Å². The van der Waals surface area contributed by atoms with Gasteiger partial charge in [-0.3, -0.25) is 0 Å². The first kappa shape index (κ1) is 33.3. The Labute approximate surface area is 339 Å². The van der Waals surface area contributed by atoms with Crippen molar-refractivity contribution in [2.45, 2.75) is 38.5 Å². The Balaban J connectivity index is 1.02. The highest BCUT2D eigenvalue weighted by Crippen LogP contribution is 2.53. The first-order valence-electron chi connectivity index (χ1n) is 20.5. The van der Waals surface area contributed by atoms with E-state index in [0.717, 1.165) is 5.69 Å². The molecule has 0 aliphatic heterocycles. The van der Waals surface area contributed by atoms with Crippen molar-refractivity contribution in [1.29, 1.82) is 0 Å². The molecular weight excluding hydrogens is 701 g/mol. The second-order valence-electron chi connectivity index (χ2n) is 17.4. The fraction of sp³-hybridized carbons (Fsp3) is 0.107. The van der Waals surface area contributed by atoms with Gasteiger partial charge >= 0.3 is 0 Å². The first-order valence-corrected chi connectivity index (χ1v) is 20.5. The van der Waals surface area contributed by atoms with Crippen molar-refractivity contribution in [3.05, 3.63) is 204 Å². The Bertz CT molecular complexity index is 3330. The molecule has 0 radical (unpaired) electrons. The van der Waals surface area contributed by atoms with Crippen LogP contribution in [0.25, 0.3) is 71.3 Å². The predicted octanol–water partition coefficient (Wildman–Crippen LogP) is 15.2. The highest BCUT2D eigenvalue weighted by Gasteiger charge is 2.37. The van der Waals surface area contributed by atoms with Crippen molar-refractivity contribution >= 4 is 60.4 Å². The van der Waals surface area contributed by atoms with Crippen molar-refractivity contribution in [3.63, 3.8) is 0 Å². The molecule has 2 heteroatoms. The molecule has 0 bridgehead atoms. The summed E-state index contributed by atoms with van der Waals surface area (Å²) in [5, 5.41) is 7.93. The summed E-state index contributed by atoms with van der Waals surface area (Å²) in [6.07, 6.45) is 0. The smallest absolute Gasteiger partial charge is 0.0541 e. The standard InChI is InChI=1S/C56H42N2/c1-55(2)47-18-10-8-16-43(47)44-29-28-41(33-49(44)55)57(42-31-38-22-21-36-13-12-19-48-53(36)54(38)50(34-42)56(48,3)4)40-26-23-35(24-27-40)37-25-30-52-46(32-37)45-17-9-11-20-51(45)58(52)39-14-6-5-7-15-39/h5-34H,1-4H3. The molecule has 2 aliphatic carbocycles. The first-order chi connectivity index (χ1) is 28.3. The van der Waals surface area contributed by atoms with Gasteiger partial charge < -0.3 is 9.47 Å². The second-order valence-corrected chi connectivity index (χ2v) is 17.4. The summed E-state index contributed by atoms with van der Waals surface area (Å²) in [4.78, 5) is 2.49. The average Bonchev–Trinajstić information content (AvgIpc) is 3.80. The van der Waals surface area contributed by atoms with Crippen LogP contribution in [0, 0.1) is 0 Å². The van der Waals surface area contributed by atoms with Gasteiger partial charge in [-0.05, 0) is 133 Å². The van der Waals surface area contributed by atoms with Crippen molar-refractivity contribution in [2.75, 3.05) is 4.90 Å². The van der Waals surface area contributed by atoms with Crippen LogP contribution >= 0.6 is 0 Å². The van der Waals surface area contributed by atoms with Crippen LogP contribution in [0.3, 0.4) is 0 Å². The molecule has 0 N–H and O–H groups in total. The van der Waals surface area contributed by atoms with Gasteiger partial charge in [0.05, 0.1) is 11.0 Å². The lowest BCUT2D eigenvalue weighted by Crippen LogP contribution is -2.18. The van der Waals surface area contributed by atoms with Crippen molar-refractivity contribution in [1.82, 2.24) is 4.57 Å². The van der Waals surface area contributed by atoms with Gasteiger partial charge in [0.25, 0.3) is 0 Å². The van der Waals surface area contributed by atoms with E-state index in [-0.39, 0.29) is 10.8 Å². The van der Waals surface area contributed by atoms with Crippen LogP contribution in [0.2, 0.25) is 0 Å². The fourth-order valence-electron chi connectivity index (χ4n) is 10.6. The van der Waals surface area contributed by atoms with Gasteiger partial charge in [-0.2, -0.15) is 0 Å². The molecule has 0 unspecified atom stereocenters. The number of hydrogen-bond acceptors (Lipinski definition) is 1. The molecule has 2 nitrogen and oxygen atoms in total. The van der Waals surface area contributed by atoms with E-state index >= 15 is 0 Å². The zero-order valence-electron chi connectivity index (χ0n) is 33.2. The number of rotatable bonds is 5. The maximum atomic E-state index is 2.49. The quantitative estimate of drug-likeness (QED) is 0.159. The van der Waals surface area contributed by atoms with Crippen LogP contribution in [0.1, 0.15) is 49.9 Å². The van der Waals surface area contributed by atoms with E-state index in [9.17, 15) is 0 Å². The zero-order chi connectivity index (χ0) is 38.9. The van der Waals surface area contributed by atoms with E-state index in [4.69, 9.17) is 0 Å². The predicted molar refractivity (Wildman–Crippen MR) is 246 cm³/mol. The normalized spacial score (nSPS) is 14.5. The number of para-hydroxylation sites is 2. The van der Waals surface area contributed by atoms with Gasteiger partial charge in [0.2, 0.25) is 0 Å². The molecule has 9 aromatic carbocycles. The van der Waals surface area contributed by atoms with Gasteiger partial charge in [0, 0.05) is 44.4 Å². The van der Waals surface area contributed by atoms with Gasteiger partial charge in [-0.15, -0.1) is 0 Å². The Kier molecular flexibility index (Phi) is 6.78. The molecular formula is C56H42N2. The van der Waals surface area contributed by atoms with Gasteiger partial charge in [-0.1, -0.05) is 143 Å². The number of fused-ring (bicyclic) bond motifs is 6. The van der Waals surface area contributed by atoms with E-state index in [0.29, 0.717) is 0 Å². The van der Waals surface area contributed by atoms with Crippen LogP contribution < -0.4 is 4.90 Å². The highest BCUT2D eigenvalue weighted by atomic mass is 15.1. The van der Waals surface area contributed by atoms with Crippen LogP contribution in [-0.4, -0.2) is 4.57 Å². The van der Waals surface area contributed by atoms with E-state index < -0.39 is 0 Å². The molecule has 2 aliphatic rings. The molecule has 1 aromatic heterocycles. The van der Waals surface area contributed by atoms with Crippen LogP contribution in [0.5, 0.6) is 0 Å². The van der Waals surface area contributed by atoms with Gasteiger partial charge in [0.1, 0.15) is 0 Å². The lowest BCUT2D eigenvalue weighted by atomic mass is 9.81. The molecule has 12 rings (SSSR count). The van der Waals surface area contributed by atoms with E-state index in [1.54, 1.807) is 0 Å². The minimum Gasteiger partial charge on any atom is -0.310 e. The monoisotopic (exact) mass is 742 g/mol. The molecule has 0 amide bonds. The molecule has 0 spiro atoms. The highest BCUT2D eigenvalue weighted by molar-refractivity contribution is 6.16. The SMILES string of the molecule is CC1(C)c2ccccc2-c2ccc(N(c3ccc(-c4ccc5c(c4)c4ccccc4n5-c4ccccc4)cc3)c3cc4c5c(ccc6cccc(c65)C4(C)C)c3)cc21. The third-order valence-corrected chi connectivity index (χ3v) is 13.5. The molecule has 0 saturated heterocycles. The molecule has 0 atom stereocenters. The molecule has 10 aromatic rings. The summed E-state index contributed by atoms with van der Waals surface area (Å²) in [6.45, 7) is 9.53. The average molecular weight is 743 g/mol. The molecule has 0 fully saturated rings. The number of hydrogen-bond donors (Lipinski definition) is 0.